The smallest absolute Gasteiger partial charge is 0.337 e. The number of anilines is 1. The molecule has 1 N–H and O–H groups in total. The number of hydrogen-bond donors (Lipinski definition) is 1. The number of aryl methyl sites for hydroxylation is 1. The lowest BCUT2D eigenvalue weighted by atomic mass is 10.1. The van der Waals surface area contributed by atoms with Crippen molar-refractivity contribution in [1.82, 2.24) is 0 Å². The molecule has 0 aromatic heterocycles. The molecular formula is C17H18BrNO2. The zero-order valence-electron chi connectivity index (χ0n) is 12.3. The molecule has 2 aromatic carbocycles. The minimum Gasteiger partial charge on any atom is -0.465 e. The monoisotopic (exact) mass is 347 g/mol. The van der Waals surface area contributed by atoms with Crippen LogP contribution in [0.3, 0.4) is 0 Å². The third kappa shape index (κ3) is 3.85. The van der Waals surface area contributed by atoms with Gasteiger partial charge < -0.3 is 10.1 Å². The molecular weight excluding hydrogens is 330 g/mol. The maximum absolute atomic E-state index is 11.6. The summed E-state index contributed by atoms with van der Waals surface area (Å²) in [5, 5.41) is 3.44. The molecule has 110 valence electrons. The zero-order chi connectivity index (χ0) is 15.4. The summed E-state index contributed by atoms with van der Waals surface area (Å²) < 4.78 is 5.81. The lowest BCUT2D eigenvalue weighted by Gasteiger charge is -2.18. The largest absolute Gasteiger partial charge is 0.465 e. The standard InChI is InChI=1S/C17H18BrNO2/c1-11-7-8-14(17(20)21-3)10-16(11)19-12(2)13-5-4-6-15(18)9-13/h4-10,12,19H,1-3H3. The fraction of sp³-hybridized carbons (Fsp3) is 0.235. The van der Waals surface area contributed by atoms with Gasteiger partial charge in [-0.3, -0.25) is 0 Å². The van der Waals surface area contributed by atoms with Gasteiger partial charge in [-0.25, -0.2) is 4.79 Å². The number of carbonyl (C=O) groups is 1. The predicted molar refractivity (Wildman–Crippen MR) is 88.7 cm³/mol. The summed E-state index contributed by atoms with van der Waals surface area (Å²) in [5.41, 5.74) is 3.74. The van der Waals surface area contributed by atoms with Gasteiger partial charge in [0.2, 0.25) is 0 Å². The van der Waals surface area contributed by atoms with Crippen molar-refractivity contribution in [3.05, 3.63) is 63.6 Å². The van der Waals surface area contributed by atoms with Gasteiger partial charge >= 0.3 is 5.97 Å². The number of benzene rings is 2. The van der Waals surface area contributed by atoms with E-state index in [9.17, 15) is 4.79 Å². The number of esters is 1. The quantitative estimate of drug-likeness (QED) is 0.813. The van der Waals surface area contributed by atoms with Crippen LogP contribution in [-0.2, 0) is 4.74 Å². The molecule has 0 aliphatic heterocycles. The number of methoxy groups -OCH3 is 1. The third-order valence-corrected chi connectivity index (χ3v) is 3.87. The zero-order valence-corrected chi connectivity index (χ0v) is 13.9. The molecule has 0 aliphatic rings. The molecule has 0 radical (unpaired) electrons. The molecule has 4 heteroatoms. The number of halogens is 1. The molecule has 0 aliphatic carbocycles. The molecule has 0 amide bonds. The van der Waals surface area contributed by atoms with Gasteiger partial charge in [0, 0.05) is 16.2 Å². The molecule has 2 aromatic rings. The van der Waals surface area contributed by atoms with Crippen molar-refractivity contribution in [1.29, 1.82) is 0 Å². The molecule has 0 spiro atoms. The van der Waals surface area contributed by atoms with E-state index in [2.05, 4.69) is 40.3 Å². The van der Waals surface area contributed by atoms with Crippen LogP contribution in [0, 0.1) is 6.92 Å². The number of rotatable bonds is 4. The summed E-state index contributed by atoms with van der Waals surface area (Å²) in [7, 11) is 1.39. The highest BCUT2D eigenvalue weighted by Crippen LogP contribution is 2.25. The molecule has 0 bridgehead atoms. The Labute approximate surface area is 133 Å². The number of carbonyl (C=O) groups excluding carboxylic acids is 1. The Morgan fingerprint density at radius 1 is 1.24 bits per heavy atom. The van der Waals surface area contributed by atoms with Gasteiger partial charge in [-0.05, 0) is 49.2 Å². The van der Waals surface area contributed by atoms with Crippen LogP contribution in [0.25, 0.3) is 0 Å². The van der Waals surface area contributed by atoms with E-state index >= 15 is 0 Å². The van der Waals surface area contributed by atoms with Crippen LogP contribution >= 0.6 is 15.9 Å². The van der Waals surface area contributed by atoms with Crippen LogP contribution in [0.1, 0.15) is 34.5 Å². The molecule has 0 saturated carbocycles. The van der Waals surface area contributed by atoms with Gasteiger partial charge in [-0.1, -0.05) is 34.1 Å². The second-order valence-electron chi connectivity index (χ2n) is 4.94. The first kappa shape index (κ1) is 15.6. The Morgan fingerprint density at radius 3 is 2.67 bits per heavy atom. The van der Waals surface area contributed by atoms with E-state index in [0.717, 1.165) is 15.7 Å². The maximum Gasteiger partial charge on any atom is 0.337 e. The van der Waals surface area contributed by atoms with Gasteiger partial charge in [-0.2, -0.15) is 0 Å². The van der Waals surface area contributed by atoms with E-state index < -0.39 is 0 Å². The SMILES string of the molecule is COC(=O)c1ccc(C)c(NC(C)c2cccc(Br)c2)c1. The van der Waals surface area contributed by atoms with Gasteiger partial charge in [0.1, 0.15) is 0 Å². The molecule has 0 fully saturated rings. The van der Waals surface area contributed by atoms with E-state index in [4.69, 9.17) is 4.74 Å². The normalized spacial score (nSPS) is 11.8. The van der Waals surface area contributed by atoms with Crippen LogP contribution in [0.2, 0.25) is 0 Å². The van der Waals surface area contributed by atoms with Crippen LogP contribution in [0.5, 0.6) is 0 Å². The van der Waals surface area contributed by atoms with Crippen molar-refractivity contribution in [2.75, 3.05) is 12.4 Å². The molecule has 21 heavy (non-hydrogen) atoms. The minimum absolute atomic E-state index is 0.133. The van der Waals surface area contributed by atoms with E-state index in [0.29, 0.717) is 5.56 Å². The first-order valence-corrected chi connectivity index (χ1v) is 7.51. The molecule has 3 nitrogen and oxygen atoms in total. The van der Waals surface area contributed by atoms with E-state index in [1.807, 2.05) is 31.2 Å². The molecule has 0 heterocycles. The van der Waals surface area contributed by atoms with E-state index in [-0.39, 0.29) is 12.0 Å². The van der Waals surface area contributed by atoms with Crippen molar-refractivity contribution in [3.63, 3.8) is 0 Å². The van der Waals surface area contributed by atoms with Gasteiger partial charge in [-0.15, -0.1) is 0 Å². The summed E-state index contributed by atoms with van der Waals surface area (Å²) >= 11 is 3.48. The summed E-state index contributed by atoms with van der Waals surface area (Å²) in [5.74, 6) is -0.326. The lowest BCUT2D eigenvalue weighted by Crippen LogP contribution is -2.09. The number of nitrogens with one attached hydrogen (secondary N) is 1. The van der Waals surface area contributed by atoms with E-state index in [1.165, 1.54) is 12.7 Å². The average Bonchev–Trinajstić information content (AvgIpc) is 2.48. The fourth-order valence-electron chi connectivity index (χ4n) is 2.11. The first-order valence-electron chi connectivity index (χ1n) is 6.72. The summed E-state index contributed by atoms with van der Waals surface area (Å²) in [6, 6.07) is 13.8. The topological polar surface area (TPSA) is 38.3 Å². The second-order valence-corrected chi connectivity index (χ2v) is 5.86. The highest BCUT2D eigenvalue weighted by Gasteiger charge is 2.11. The number of ether oxygens (including phenoxy) is 1. The van der Waals surface area contributed by atoms with Crippen LogP contribution in [0.4, 0.5) is 5.69 Å². The van der Waals surface area contributed by atoms with Crippen molar-refractivity contribution in [2.24, 2.45) is 0 Å². The Bertz CT molecular complexity index is 655. The van der Waals surface area contributed by atoms with Gasteiger partial charge in [0.25, 0.3) is 0 Å². The highest BCUT2D eigenvalue weighted by molar-refractivity contribution is 9.10. The van der Waals surface area contributed by atoms with Crippen LogP contribution in [-0.4, -0.2) is 13.1 Å². The summed E-state index contributed by atoms with van der Waals surface area (Å²) in [6.07, 6.45) is 0. The second kappa shape index (κ2) is 6.76. The maximum atomic E-state index is 11.6. The Hall–Kier alpha value is -1.81. The average molecular weight is 348 g/mol. The Balaban J connectivity index is 2.24. The van der Waals surface area contributed by atoms with Crippen molar-refractivity contribution in [2.45, 2.75) is 19.9 Å². The van der Waals surface area contributed by atoms with Crippen molar-refractivity contribution >= 4 is 27.6 Å². The first-order chi connectivity index (χ1) is 10.0. The Morgan fingerprint density at radius 2 is 2.00 bits per heavy atom. The lowest BCUT2D eigenvalue weighted by molar-refractivity contribution is 0.0601. The molecule has 1 unspecified atom stereocenters. The van der Waals surface area contributed by atoms with Crippen molar-refractivity contribution < 1.29 is 9.53 Å². The highest BCUT2D eigenvalue weighted by atomic mass is 79.9. The fourth-order valence-corrected chi connectivity index (χ4v) is 2.53. The van der Waals surface area contributed by atoms with Crippen molar-refractivity contribution in [3.8, 4) is 0 Å². The third-order valence-electron chi connectivity index (χ3n) is 3.38. The van der Waals surface area contributed by atoms with Gasteiger partial charge in [0.05, 0.1) is 12.7 Å². The van der Waals surface area contributed by atoms with E-state index in [1.54, 1.807) is 6.07 Å². The van der Waals surface area contributed by atoms with Crippen LogP contribution in [0.15, 0.2) is 46.9 Å². The number of hydrogen-bond acceptors (Lipinski definition) is 3. The molecule has 0 saturated heterocycles. The molecule has 1 atom stereocenters. The van der Waals surface area contributed by atoms with Gasteiger partial charge in [0.15, 0.2) is 0 Å². The minimum atomic E-state index is -0.326. The molecule has 2 rings (SSSR count). The summed E-state index contributed by atoms with van der Waals surface area (Å²) in [4.78, 5) is 11.6. The summed E-state index contributed by atoms with van der Waals surface area (Å²) in [6.45, 7) is 4.10. The Kier molecular flexibility index (Phi) is 5.02. The predicted octanol–water partition coefficient (Wildman–Crippen LogP) is 4.72. The van der Waals surface area contributed by atoms with Crippen LogP contribution < -0.4 is 5.32 Å².